The number of fused-ring (bicyclic) bond motifs is 2. The molecule has 6 nitrogen and oxygen atoms in total. The van der Waals surface area contributed by atoms with E-state index >= 15 is 0 Å². The first-order chi connectivity index (χ1) is 10.7. The Morgan fingerprint density at radius 3 is 2.82 bits per heavy atom. The molecule has 0 bridgehead atoms. The molecule has 106 valence electrons. The van der Waals surface area contributed by atoms with Crippen LogP contribution in [0.2, 0.25) is 0 Å². The first-order valence-corrected chi connectivity index (χ1v) is 6.71. The molecule has 0 fully saturated rings. The lowest BCUT2D eigenvalue weighted by molar-refractivity contribution is 0.100. The van der Waals surface area contributed by atoms with Crippen molar-refractivity contribution in [1.82, 2.24) is 20.2 Å². The third-order valence-electron chi connectivity index (χ3n) is 3.63. The van der Waals surface area contributed by atoms with Gasteiger partial charge >= 0.3 is 0 Å². The number of carbonyl (C=O) groups is 1. The van der Waals surface area contributed by atoms with Gasteiger partial charge in [0.2, 0.25) is 5.91 Å². The molecule has 0 spiro atoms. The second-order valence-electron chi connectivity index (χ2n) is 4.95. The van der Waals surface area contributed by atoms with Crippen molar-refractivity contribution < 1.29 is 4.79 Å². The summed E-state index contributed by atoms with van der Waals surface area (Å²) in [6.45, 7) is 0. The third-order valence-corrected chi connectivity index (χ3v) is 3.63. The van der Waals surface area contributed by atoms with E-state index in [2.05, 4.69) is 20.2 Å². The fourth-order valence-electron chi connectivity index (χ4n) is 2.63. The minimum atomic E-state index is -0.492. The van der Waals surface area contributed by atoms with Gasteiger partial charge < -0.3 is 5.73 Å². The fraction of sp³-hybridized carbons (Fsp3) is 0. The quantitative estimate of drug-likeness (QED) is 0.591. The van der Waals surface area contributed by atoms with Gasteiger partial charge in [0.15, 0.2) is 0 Å². The van der Waals surface area contributed by atoms with Crippen molar-refractivity contribution in [1.29, 1.82) is 0 Å². The van der Waals surface area contributed by atoms with E-state index in [4.69, 9.17) is 5.73 Å². The maximum Gasteiger partial charge on any atom is 0.248 e. The number of nitrogens with zero attached hydrogens (tertiary/aromatic N) is 3. The summed E-state index contributed by atoms with van der Waals surface area (Å²) in [4.78, 5) is 20.3. The molecular formula is C16H11N5O. The molecule has 4 aromatic rings. The zero-order chi connectivity index (χ0) is 15.1. The summed E-state index contributed by atoms with van der Waals surface area (Å²) in [7, 11) is 0. The van der Waals surface area contributed by atoms with Crippen LogP contribution in [0.5, 0.6) is 0 Å². The zero-order valence-corrected chi connectivity index (χ0v) is 11.4. The van der Waals surface area contributed by atoms with Crippen LogP contribution < -0.4 is 5.73 Å². The molecule has 0 aliphatic heterocycles. The maximum atomic E-state index is 11.6. The van der Waals surface area contributed by atoms with Crippen LogP contribution in [0.1, 0.15) is 10.4 Å². The Kier molecular flexibility index (Phi) is 2.62. The van der Waals surface area contributed by atoms with Gasteiger partial charge in [-0.05, 0) is 23.8 Å². The lowest BCUT2D eigenvalue weighted by Crippen LogP contribution is -2.11. The first kappa shape index (κ1) is 12.5. The molecule has 2 aromatic carbocycles. The summed E-state index contributed by atoms with van der Waals surface area (Å²) in [5.41, 5.74) is 9.86. The molecule has 0 radical (unpaired) electrons. The summed E-state index contributed by atoms with van der Waals surface area (Å²) in [5, 5.41) is 7.96. The molecule has 0 aliphatic rings. The van der Waals surface area contributed by atoms with Gasteiger partial charge in [-0.1, -0.05) is 12.1 Å². The Morgan fingerprint density at radius 1 is 1.09 bits per heavy atom. The highest BCUT2D eigenvalue weighted by atomic mass is 16.1. The fourth-order valence-corrected chi connectivity index (χ4v) is 2.63. The van der Waals surface area contributed by atoms with E-state index in [-0.39, 0.29) is 0 Å². The smallest absolute Gasteiger partial charge is 0.248 e. The third kappa shape index (κ3) is 1.81. The standard InChI is InChI=1S/C16H11N5O/c17-16(22)9-6-11(15-14(7-9)18-4-5-19-15)10-2-1-3-13-12(10)8-20-21-13/h1-8H,(H2,17,22)(H,20,21). The number of amides is 1. The highest BCUT2D eigenvalue weighted by molar-refractivity contribution is 6.06. The molecular weight excluding hydrogens is 278 g/mol. The Morgan fingerprint density at radius 2 is 1.95 bits per heavy atom. The molecule has 6 heteroatoms. The average molecular weight is 289 g/mol. The summed E-state index contributed by atoms with van der Waals surface area (Å²) >= 11 is 0. The number of aromatic nitrogens is 4. The number of rotatable bonds is 2. The molecule has 22 heavy (non-hydrogen) atoms. The largest absolute Gasteiger partial charge is 0.366 e. The Balaban J connectivity index is 2.13. The minimum absolute atomic E-state index is 0.406. The minimum Gasteiger partial charge on any atom is -0.366 e. The Hall–Kier alpha value is -3.28. The van der Waals surface area contributed by atoms with Crippen LogP contribution in [0.15, 0.2) is 48.9 Å². The molecule has 3 N–H and O–H groups in total. The number of benzene rings is 2. The SMILES string of the molecule is NC(=O)c1cc(-c2cccc3[nH]ncc23)c2nccnc2c1. The second-order valence-corrected chi connectivity index (χ2v) is 4.95. The van der Waals surface area contributed by atoms with Gasteiger partial charge in [-0.25, -0.2) is 0 Å². The van der Waals surface area contributed by atoms with Crippen molar-refractivity contribution in [3.8, 4) is 11.1 Å². The normalized spacial score (nSPS) is 11.1. The zero-order valence-electron chi connectivity index (χ0n) is 11.4. The molecule has 4 rings (SSSR count). The number of primary amides is 1. The monoisotopic (exact) mass is 289 g/mol. The highest BCUT2D eigenvalue weighted by Crippen LogP contribution is 2.32. The number of aromatic amines is 1. The molecule has 2 aromatic heterocycles. The van der Waals surface area contributed by atoms with E-state index in [0.29, 0.717) is 11.1 Å². The lowest BCUT2D eigenvalue weighted by Gasteiger charge is -2.08. The van der Waals surface area contributed by atoms with Crippen LogP contribution in [-0.2, 0) is 0 Å². The predicted molar refractivity (Wildman–Crippen MR) is 83.1 cm³/mol. The maximum absolute atomic E-state index is 11.6. The van der Waals surface area contributed by atoms with Crippen molar-refractivity contribution >= 4 is 27.8 Å². The van der Waals surface area contributed by atoms with Gasteiger partial charge in [0.05, 0.1) is 22.7 Å². The van der Waals surface area contributed by atoms with Gasteiger partial charge in [0.1, 0.15) is 0 Å². The van der Waals surface area contributed by atoms with E-state index in [1.54, 1.807) is 30.7 Å². The number of nitrogens with two attached hydrogens (primary N) is 1. The highest BCUT2D eigenvalue weighted by Gasteiger charge is 2.13. The van der Waals surface area contributed by atoms with Crippen molar-refractivity contribution in [2.45, 2.75) is 0 Å². The van der Waals surface area contributed by atoms with E-state index in [1.807, 2.05) is 18.2 Å². The van der Waals surface area contributed by atoms with Gasteiger partial charge in [-0.2, -0.15) is 5.10 Å². The Bertz CT molecular complexity index is 1020. The van der Waals surface area contributed by atoms with Crippen LogP contribution in [0.25, 0.3) is 33.1 Å². The molecule has 0 saturated heterocycles. The number of carbonyl (C=O) groups excluding carboxylic acids is 1. The van der Waals surface area contributed by atoms with E-state index in [0.717, 1.165) is 27.5 Å². The van der Waals surface area contributed by atoms with Crippen LogP contribution in [0.3, 0.4) is 0 Å². The number of hydrogen-bond acceptors (Lipinski definition) is 4. The lowest BCUT2D eigenvalue weighted by atomic mass is 9.98. The summed E-state index contributed by atoms with van der Waals surface area (Å²) in [5.74, 6) is -0.492. The van der Waals surface area contributed by atoms with Crippen molar-refractivity contribution in [2.75, 3.05) is 0 Å². The summed E-state index contributed by atoms with van der Waals surface area (Å²) in [6.07, 6.45) is 4.98. The number of H-pyrrole nitrogens is 1. The van der Waals surface area contributed by atoms with E-state index < -0.39 is 5.91 Å². The van der Waals surface area contributed by atoms with Crippen molar-refractivity contribution in [3.63, 3.8) is 0 Å². The molecule has 2 heterocycles. The van der Waals surface area contributed by atoms with E-state index in [1.165, 1.54) is 0 Å². The van der Waals surface area contributed by atoms with Gasteiger partial charge in [0.25, 0.3) is 0 Å². The van der Waals surface area contributed by atoms with Crippen molar-refractivity contribution in [2.24, 2.45) is 5.73 Å². The van der Waals surface area contributed by atoms with Gasteiger partial charge in [-0.3, -0.25) is 19.9 Å². The first-order valence-electron chi connectivity index (χ1n) is 6.71. The van der Waals surface area contributed by atoms with Gasteiger partial charge in [0, 0.05) is 28.9 Å². The van der Waals surface area contributed by atoms with Crippen LogP contribution in [0, 0.1) is 0 Å². The van der Waals surface area contributed by atoms with Crippen LogP contribution in [-0.4, -0.2) is 26.1 Å². The Labute approximate surface area is 125 Å². The van der Waals surface area contributed by atoms with E-state index in [9.17, 15) is 4.79 Å². The number of nitrogens with one attached hydrogen (secondary N) is 1. The summed E-state index contributed by atoms with van der Waals surface area (Å²) < 4.78 is 0. The molecule has 0 unspecified atom stereocenters. The topological polar surface area (TPSA) is 97.6 Å². The molecule has 0 aliphatic carbocycles. The number of hydrogen-bond donors (Lipinski definition) is 2. The van der Waals surface area contributed by atoms with Gasteiger partial charge in [-0.15, -0.1) is 0 Å². The average Bonchev–Trinajstić information content (AvgIpc) is 3.02. The van der Waals surface area contributed by atoms with Crippen molar-refractivity contribution in [3.05, 3.63) is 54.5 Å². The molecule has 1 amide bonds. The predicted octanol–water partition coefficient (Wildman–Crippen LogP) is 2.27. The van der Waals surface area contributed by atoms with Crippen LogP contribution >= 0.6 is 0 Å². The molecule has 0 saturated carbocycles. The second kappa shape index (κ2) is 4.63. The summed E-state index contributed by atoms with van der Waals surface area (Å²) in [6, 6.07) is 9.24. The van der Waals surface area contributed by atoms with Crippen LogP contribution in [0.4, 0.5) is 0 Å². The molecule has 0 atom stereocenters.